The van der Waals surface area contributed by atoms with Crippen LogP contribution in [-0.4, -0.2) is 31.1 Å². The molecule has 5 aliphatic rings. The minimum atomic E-state index is -2.99. The highest BCUT2D eigenvalue weighted by Gasteiger charge is 2.69. The van der Waals surface area contributed by atoms with Crippen LogP contribution in [0.25, 0.3) is 0 Å². The highest BCUT2D eigenvalue weighted by Crippen LogP contribution is 2.71. The van der Waals surface area contributed by atoms with Crippen molar-refractivity contribution in [3.8, 4) is 0 Å². The van der Waals surface area contributed by atoms with Crippen molar-refractivity contribution in [1.82, 2.24) is 0 Å². The summed E-state index contributed by atoms with van der Waals surface area (Å²) in [5.41, 5.74) is 1.85. The van der Waals surface area contributed by atoms with Crippen LogP contribution in [0.4, 0.5) is 0 Å². The Bertz CT molecular complexity index is 1330. The monoisotopic (exact) mass is 582 g/mol. The molecule has 1 heterocycles. The van der Waals surface area contributed by atoms with Gasteiger partial charge in [0.15, 0.2) is 5.78 Å². The Morgan fingerprint density at radius 3 is 2.24 bits per heavy atom. The van der Waals surface area contributed by atoms with Crippen LogP contribution in [0.15, 0.2) is 72.3 Å². The first kappa shape index (κ1) is 28.7. The molecule has 2 aromatic rings. The number of ketones is 1. The van der Waals surface area contributed by atoms with Gasteiger partial charge in [-0.15, -0.1) is 0 Å². The van der Waals surface area contributed by atoms with E-state index < -0.39 is 8.32 Å². The molecule has 0 amide bonds. The number of fused-ring (bicyclic) bond motifs is 8. The van der Waals surface area contributed by atoms with Crippen molar-refractivity contribution < 1.29 is 14.3 Å². The number of hydrogen-bond acceptors (Lipinski definition) is 3. The van der Waals surface area contributed by atoms with Gasteiger partial charge in [-0.2, -0.15) is 0 Å². The zero-order chi connectivity index (χ0) is 29.5. The van der Waals surface area contributed by atoms with E-state index in [4.69, 9.17) is 4.74 Å². The Morgan fingerprint density at radius 1 is 0.952 bits per heavy atom. The van der Waals surface area contributed by atoms with E-state index in [9.17, 15) is 9.59 Å². The lowest BCUT2D eigenvalue weighted by Gasteiger charge is -2.57. The Balaban J connectivity index is 1.11. The lowest BCUT2D eigenvalue weighted by Crippen LogP contribution is -2.65. The highest BCUT2D eigenvalue weighted by atomic mass is 28.4. The summed E-state index contributed by atoms with van der Waals surface area (Å²) in [7, 11) is -2.99. The summed E-state index contributed by atoms with van der Waals surface area (Å²) in [4.78, 5) is 25.0. The molecule has 0 bridgehead atoms. The van der Waals surface area contributed by atoms with Crippen molar-refractivity contribution in [1.29, 1.82) is 0 Å². The van der Waals surface area contributed by atoms with Crippen molar-refractivity contribution in [3.63, 3.8) is 0 Å². The molecule has 0 spiro atoms. The van der Waals surface area contributed by atoms with E-state index in [2.05, 4.69) is 95.3 Å². The Labute approximate surface area is 254 Å². The van der Waals surface area contributed by atoms with Gasteiger partial charge in [0.25, 0.3) is 8.32 Å². The first-order chi connectivity index (χ1) is 20.0. The van der Waals surface area contributed by atoms with Gasteiger partial charge in [0.05, 0.1) is 6.10 Å². The maximum atomic E-state index is 12.7. The molecule has 4 aliphatic carbocycles. The standard InChI is InChI=1S/C38H50O3Si/c1-25(18-21-36(2,3)42(40,27-12-8-6-9-13-27)28-14-10-7-11-15-28)29-16-17-30-33-31(20-23-37(29,30)4)38(5)22-19-26(39)24-32(38)34-35(33)41-34/h6-15,24-25,29-31,33-35,40H,16-23H2,1-5H3/t25-,29-,30?,31?,33?,34+,35-,37-,38-/m1/s1. The molecule has 3 nitrogen and oxygen atoms in total. The highest BCUT2D eigenvalue weighted by molar-refractivity contribution is 6.98. The molecule has 7 rings (SSSR count). The van der Waals surface area contributed by atoms with Crippen molar-refractivity contribution >= 4 is 24.5 Å². The zero-order valence-corrected chi connectivity index (χ0v) is 27.3. The van der Waals surface area contributed by atoms with E-state index in [0.29, 0.717) is 41.5 Å². The van der Waals surface area contributed by atoms with E-state index in [1.165, 1.54) is 31.3 Å². The zero-order valence-electron chi connectivity index (χ0n) is 26.3. The summed E-state index contributed by atoms with van der Waals surface area (Å²) in [6, 6.07) is 21.0. The Morgan fingerprint density at radius 2 is 1.60 bits per heavy atom. The summed E-state index contributed by atoms with van der Waals surface area (Å²) >= 11 is 0. The van der Waals surface area contributed by atoms with Crippen molar-refractivity contribution in [2.45, 2.75) is 103 Å². The SMILES string of the molecule is C[C@H](CCC(C)(C)[Si](O)(c1ccccc1)c1ccccc1)[C@H]1CCC2C3C(CC[C@@]21C)[C@@]1(C)CCC(=O)C=C1[C@@H]1O[C@H]31. The molecule has 1 N–H and O–H groups in total. The van der Waals surface area contributed by atoms with Crippen LogP contribution in [0.2, 0.25) is 5.04 Å². The van der Waals surface area contributed by atoms with Gasteiger partial charge in [0, 0.05) is 6.42 Å². The maximum absolute atomic E-state index is 12.7. The van der Waals surface area contributed by atoms with Crippen molar-refractivity contribution in [2.75, 3.05) is 0 Å². The third kappa shape index (κ3) is 4.14. The number of benzene rings is 2. The molecule has 224 valence electrons. The topological polar surface area (TPSA) is 49.8 Å². The fourth-order valence-corrected chi connectivity index (χ4v) is 14.8. The van der Waals surface area contributed by atoms with Crippen molar-refractivity contribution in [2.24, 2.45) is 40.4 Å². The average Bonchev–Trinajstić information content (AvgIpc) is 3.71. The molecular weight excluding hydrogens is 533 g/mol. The predicted octanol–water partition coefficient (Wildman–Crippen LogP) is 7.07. The molecule has 0 aromatic heterocycles. The maximum Gasteiger partial charge on any atom is 0.258 e. The third-order valence-electron chi connectivity index (χ3n) is 13.6. The first-order valence-electron chi connectivity index (χ1n) is 16.7. The normalized spacial score (nSPS) is 38.0. The predicted molar refractivity (Wildman–Crippen MR) is 172 cm³/mol. The van der Waals surface area contributed by atoms with Crippen LogP contribution in [0, 0.1) is 40.4 Å². The van der Waals surface area contributed by atoms with Gasteiger partial charge in [-0.1, -0.05) is 102 Å². The van der Waals surface area contributed by atoms with E-state index in [-0.39, 0.29) is 16.6 Å². The van der Waals surface area contributed by atoms with E-state index in [1.807, 2.05) is 6.08 Å². The summed E-state index contributed by atoms with van der Waals surface area (Å²) in [5.74, 6) is 3.68. The third-order valence-corrected chi connectivity index (χ3v) is 18.1. The van der Waals surface area contributed by atoms with E-state index in [1.54, 1.807) is 0 Å². The molecule has 0 radical (unpaired) electrons. The van der Waals surface area contributed by atoms with Crippen LogP contribution in [0.1, 0.15) is 86.0 Å². The lowest BCUT2D eigenvalue weighted by molar-refractivity contribution is -0.117. The van der Waals surface area contributed by atoms with Crippen LogP contribution in [-0.2, 0) is 9.53 Å². The number of epoxide rings is 1. The number of carbonyl (C=O) groups is 1. The average molecular weight is 583 g/mol. The number of ether oxygens (including phenoxy) is 1. The minimum absolute atomic E-state index is 0.148. The summed E-state index contributed by atoms with van der Waals surface area (Å²) in [6.45, 7) is 12.2. The Kier molecular flexibility index (Phi) is 6.85. The second-order valence-corrected chi connectivity index (χ2v) is 19.8. The molecule has 3 unspecified atom stereocenters. The summed E-state index contributed by atoms with van der Waals surface area (Å²) in [6.07, 6.45) is 11.6. The van der Waals surface area contributed by atoms with E-state index >= 15 is 0 Å². The molecule has 1 saturated heterocycles. The minimum Gasteiger partial charge on any atom is -0.424 e. The first-order valence-corrected chi connectivity index (χ1v) is 18.7. The molecule has 9 atom stereocenters. The van der Waals surface area contributed by atoms with Gasteiger partial charge in [0.1, 0.15) is 6.10 Å². The molecule has 1 aliphatic heterocycles. The van der Waals surface area contributed by atoms with Gasteiger partial charge in [-0.05, 0) is 106 Å². The van der Waals surface area contributed by atoms with Gasteiger partial charge in [0.2, 0.25) is 0 Å². The van der Waals surface area contributed by atoms with Crippen LogP contribution >= 0.6 is 0 Å². The Hall–Kier alpha value is -2.01. The van der Waals surface area contributed by atoms with Gasteiger partial charge in [-0.25, -0.2) is 0 Å². The molecule has 4 heteroatoms. The van der Waals surface area contributed by atoms with Crippen molar-refractivity contribution in [3.05, 3.63) is 72.3 Å². The number of carbonyl (C=O) groups excluding carboxylic acids is 1. The van der Waals surface area contributed by atoms with Gasteiger partial charge in [-0.3, -0.25) is 4.79 Å². The van der Waals surface area contributed by atoms with Crippen LogP contribution in [0.3, 0.4) is 0 Å². The summed E-state index contributed by atoms with van der Waals surface area (Å²) in [5, 5.41) is 2.03. The number of hydrogen-bond donors (Lipinski definition) is 1. The van der Waals surface area contributed by atoms with Crippen LogP contribution in [0.5, 0.6) is 0 Å². The van der Waals surface area contributed by atoms with Gasteiger partial charge < -0.3 is 9.53 Å². The van der Waals surface area contributed by atoms with Gasteiger partial charge >= 0.3 is 0 Å². The fourth-order valence-electron chi connectivity index (χ4n) is 11.1. The molecule has 3 saturated carbocycles. The lowest BCUT2D eigenvalue weighted by atomic mass is 9.46. The second-order valence-electron chi connectivity index (χ2n) is 15.9. The number of rotatable bonds is 7. The van der Waals surface area contributed by atoms with E-state index in [0.717, 1.165) is 41.5 Å². The molecule has 42 heavy (non-hydrogen) atoms. The summed E-state index contributed by atoms with van der Waals surface area (Å²) < 4.78 is 6.45. The smallest absolute Gasteiger partial charge is 0.258 e. The second kappa shape index (κ2) is 10.0. The molecule has 2 aromatic carbocycles. The fraction of sp³-hybridized carbons (Fsp3) is 0.605. The quantitative estimate of drug-likeness (QED) is 0.281. The molecule has 4 fully saturated rings. The van der Waals surface area contributed by atoms with Crippen LogP contribution < -0.4 is 10.4 Å². The largest absolute Gasteiger partial charge is 0.424 e. The molecular formula is C38H50O3Si.